The number of pyridine rings is 1. The molecule has 134 valence electrons. The number of aromatic nitrogens is 2. The van der Waals surface area contributed by atoms with Crippen molar-refractivity contribution in [2.75, 3.05) is 12.4 Å². The minimum Gasteiger partial charge on any atom is -0.497 e. The Morgan fingerprint density at radius 1 is 1.07 bits per heavy atom. The second-order valence-electron chi connectivity index (χ2n) is 6.05. The highest BCUT2D eigenvalue weighted by Gasteiger charge is 2.15. The quantitative estimate of drug-likeness (QED) is 0.549. The van der Waals surface area contributed by atoms with Gasteiger partial charge in [-0.25, -0.2) is 9.97 Å². The summed E-state index contributed by atoms with van der Waals surface area (Å²) in [6.07, 6.45) is 0. The number of methoxy groups -OCH3 is 1. The molecule has 0 unspecified atom stereocenters. The molecule has 0 spiro atoms. The zero-order valence-corrected chi connectivity index (χ0v) is 15.7. The van der Waals surface area contributed by atoms with Gasteiger partial charge in [0.1, 0.15) is 5.75 Å². The molecule has 0 atom stereocenters. The number of amides is 1. The van der Waals surface area contributed by atoms with E-state index in [1.54, 1.807) is 7.11 Å². The number of ether oxygens (including phenoxy) is 1. The Morgan fingerprint density at radius 3 is 2.56 bits per heavy atom. The maximum atomic E-state index is 12.9. The first kappa shape index (κ1) is 17.2. The van der Waals surface area contributed by atoms with E-state index in [1.165, 1.54) is 11.3 Å². The van der Waals surface area contributed by atoms with E-state index in [0.29, 0.717) is 10.7 Å². The molecule has 2 heterocycles. The summed E-state index contributed by atoms with van der Waals surface area (Å²) >= 11 is 1.41. The van der Waals surface area contributed by atoms with Crippen molar-refractivity contribution in [2.24, 2.45) is 0 Å². The van der Waals surface area contributed by atoms with Gasteiger partial charge >= 0.3 is 0 Å². The molecule has 2 aromatic heterocycles. The predicted molar refractivity (Wildman–Crippen MR) is 109 cm³/mol. The molecular weight excluding hydrogens is 358 g/mol. The minimum absolute atomic E-state index is 0.197. The number of carbonyl (C=O) groups excluding carboxylic acids is 1. The van der Waals surface area contributed by atoms with Crippen LogP contribution in [0.4, 0.5) is 5.13 Å². The molecule has 0 bridgehead atoms. The Morgan fingerprint density at radius 2 is 1.85 bits per heavy atom. The van der Waals surface area contributed by atoms with E-state index in [9.17, 15) is 4.79 Å². The maximum Gasteiger partial charge on any atom is 0.258 e. The summed E-state index contributed by atoms with van der Waals surface area (Å²) in [6, 6.07) is 17.1. The predicted octanol–water partition coefficient (Wildman–Crippen LogP) is 4.93. The van der Waals surface area contributed by atoms with Gasteiger partial charge in [-0.1, -0.05) is 18.2 Å². The van der Waals surface area contributed by atoms with E-state index in [0.717, 1.165) is 33.6 Å². The summed E-state index contributed by atoms with van der Waals surface area (Å²) < 4.78 is 5.22. The number of benzene rings is 2. The van der Waals surface area contributed by atoms with Crippen LogP contribution in [0.3, 0.4) is 0 Å². The third kappa shape index (κ3) is 3.52. The van der Waals surface area contributed by atoms with Crippen molar-refractivity contribution in [3.8, 4) is 17.0 Å². The fraction of sp³-hybridized carbons (Fsp3) is 0.0952. The Balaban J connectivity index is 1.79. The van der Waals surface area contributed by atoms with Gasteiger partial charge in [0.05, 0.1) is 29.6 Å². The molecule has 0 saturated carbocycles. The molecule has 27 heavy (non-hydrogen) atoms. The summed E-state index contributed by atoms with van der Waals surface area (Å²) in [4.78, 5) is 22.0. The first-order valence-corrected chi connectivity index (χ1v) is 9.30. The maximum absolute atomic E-state index is 12.9. The number of fused-ring (bicyclic) bond motifs is 1. The molecule has 4 rings (SSSR count). The van der Waals surface area contributed by atoms with Crippen LogP contribution in [0.15, 0.2) is 60.0 Å². The molecule has 0 radical (unpaired) electrons. The van der Waals surface area contributed by atoms with E-state index in [2.05, 4.69) is 10.3 Å². The van der Waals surface area contributed by atoms with Gasteiger partial charge in [-0.3, -0.25) is 10.1 Å². The van der Waals surface area contributed by atoms with Crippen LogP contribution >= 0.6 is 11.3 Å². The molecule has 4 aromatic rings. The number of rotatable bonds is 4. The Labute approximate surface area is 160 Å². The summed E-state index contributed by atoms with van der Waals surface area (Å²) in [6.45, 7) is 1.90. The van der Waals surface area contributed by atoms with E-state index >= 15 is 0 Å². The van der Waals surface area contributed by atoms with Gasteiger partial charge < -0.3 is 4.74 Å². The fourth-order valence-electron chi connectivity index (χ4n) is 2.85. The molecule has 6 heteroatoms. The van der Waals surface area contributed by atoms with Gasteiger partial charge in [0, 0.05) is 16.3 Å². The van der Waals surface area contributed by atoms with Crippen molar-refractivity contribution >= 4 is 33.3 Å². The van der Waals surface area contributed by atoms with Crippen molar-refractivity contribution in [1.82, 2.24) is 9.97 Å². The summed E-state index contributed by atoms with van der Waals surface area (Å²) in [5.74, 6) is 0.578. The fourth-order valence-corrected chi connectivity index (χ4v) is 3.53. The number of anilines is 1. The number of para-hydroxylation sites is 1. The monoisotopic (exact) mass is 375 g/mol. The lowest BCUT2D eigenvalue weighted by Gasteiger charge is -2.10. The molecule has 2 aromatic carbocycles. The largest absolute Gasteiger partial charge is 0.497 e. The standard InChI is InChI=1S/C21H17N3O2S/c1-13-12-27-21(22-13)24-20(25)17-11-19(14-7-9-15(26-2)10-8-14)23-18-6-4-3-5-16(17)18/h3-12H,1-2H3,(H,22,24,25). The molecular formula is C21H17N3O2S. The Hall–Kier alpha value is -3.25. The second-order valence-corrected chi connectivity index (χ2v) is 6.91. The molecule has 1 N–H and O–H groups in total. The first-order chi connectivity index (χ1) is 13.1. The normalized spacial score (nSPS) is 10.7. The number of nitrogens with one attached hydrogen (secondary N) is 1. The van der Waals surface area contributed by atoms with Crippen LogP contribution in [0.1, 0.15) is 16.1 Å². The van der Waals surface area contributed by atoms with Crippen LogP contribution in [0, 0.1) is 6.92 Å². The summed E-state index contributed by atoms with van der Waals surface area (Å²) in [5.41, 5.74) is 3.87. The number of thiazole rings is 1. The van der Waals surface area contributed by atoms with Gasteiger partial charge in [0.15, 0.2) is 5.13 Å². The van der Waals surface area contributed by atoms with E-state index < -0.39 is 0 Å². The van der Waals surface area contributed by atoms with E-state index in [-0.39, 0.29) is 5.91 Å². The van der Waals surface area contributed by atoms with Crippen molar-refractivity contribution in [3.05, 3.63) is 71.2 Å². The van der Waals surface area contributed by atoms with Crippen molar-refractivity contribution in [3.63, 3.8) is 0 Å². The van der Waals surface area contributed by atoms with Crippen molar-refractivity contribution < 1.29 is 9.53 Å². The molecule has 0 aliphatic rings. The minimum atomic E-state index is -0.197. The lowest BCUT2D eigenvalue weighted by molar-refractivity contribution is 0.102. The highest BCUT2D eigenvalue weighted by Crippen LogP contribution is 2.27. The smallest absolute Gasteiger partial charge is 0.258 e. The average molecular weight is 375 g/mol. The zero-order valence-electron chi connectivity index (χ0n) is 14.9. The molecule has 0 aliphatic carbocycles. The van der Waals surface area contributed by atoms with Crippen LogP contribution in [-0.4, -0.2) is 23.0 Å². The topological polar surface area (TPSA) is 64.1 Å². The second kappa shape index (κ2) is 7.17. The van der Waals surface area contributed by atoms with Crippen LogP contribution in [0.2, 0.25) is 0 Å². The van der Waals surface area contributed by atoms with Crippen LogP contribution in [0.5, 0.6) is 5.75 Å². The molecule has 0 aliphatic heterocycles. The van der Waals surface area contributed by atoms with Crippen LogP contribution in [0.25, 0.3) is 22.2 Å². The van der Waals surface area contributed by atoms with Crippen LogP contribution in [-0.2, 0) is 0 Å². The van der Waals surface area contributed by atoms with Crippen LogP contribution < -0.4 is 10.1 Å². The summed E-state index contributed by atoms with van der Waals surface area (Å²) in [5, 5.41) is 6.19. The third-order valence-electron chi connectivity index (χ3n) is 4.19. The lowest BCUT2D eigenvalue weighted by Crippen LogP contribution is -2.13. The van der Waals surface area contributed by atoms with E-state index in [4.69, 9.17) is 9.72 Å². The van der Waals surface area contributed by atoms with Crippen molar-refractivity contribution in [2.45, 2.75) is 6.92 Å². The summed E-state index contributed by atoms with van der Waals surface area (Å²) in [7, 11) is 1.63. The first-order valence-electron chi connectivity index (χ1n) is 8.42. The van der Waals surface area contributed by atoms with Gasteiger partial charge in [-0.15, -0.1) is 11.3 Å². The Kier molecular flexibility index (Phi) is 4.56. The highest BCUT2D eigenvalue weighted by molar-refractivity contribution is 7.13. The number of aryl methyl sites for hydroxylation is 1. The lowest BCUT2D eigenvalue weighted by atomic mass is 10.0. The number of hydrogen-bond donors (Lipinski definition) is 1. The molecule has 5 nitrogen and oxygen atoms in total. The van der Waals surface area contributed by atoms with E-state index in [1.807, 2.05) is 66.9 Å². The molecule has 0 saturated heterocycles. The zero-order chi connectivity index (χ0) is 18.8. The average Bonchev–Trinajstić information content (AvgIpc) is 3.11. The third-order valence-corrected chi connectivity index (χ3v) is 5.06. The number of carbonyl (C=O) groups is 1. The Bertz CT molecular complexity index is 1120. The molecule has 1 amide bonds. The van der Waals surface area contributed by atoms with Gasteiger partial charge in [-0.2, -0.15) is 0 Å². The van der Waals surface area contributed by atoms with Gasteiger partial charge in [0.2, 0.25) is 0 Å². The van der Waals surface area contributed by atoms with Gasteiger partial charge in [0.25, 0.3) is 5.91 Å². The van der Waals surface area contributed by atoms with Gasteiger partial charge in [-0.05, 0) is 43.3 Å². The van der Waals surface area contributed by atoms with Crippen molar-refractivity contribution in [1.29, 1.82) is 0 Å². The number of hydrogen-bond acceptors (Lipinski definition) is 5. The molecule has 0 fully saturated rings. The SMILES string of the molecule is COc1ccc(-c2cc(C(=O)Nc3nc(C)cs3)c3ccccc3n2)cc1. The number of nitrogens with zero attached hydrogens (tertiary/aromatic N) is 2. The highest BCUT2D eigenvalue weighted by atomic mass is 32.1.